The number of ether oxygens (including phenoxy) is 1. The fourth-order valence-electron chi connectivity index (χ4n) is 3.75. The third kappa shape index (κ3) is 8.50. The molecule has 37 heavy (non-hydrogen) atoms. The molecule has 0 saturated heterocycles. The summed E-state index contributed by atoms with van der Waals surface area (Å²) in [6, 6.07) is 22.1. The lowest BCUT2D eigenvalue weighted by molar-refractivity contribution is -0.139. The number of carboxylic acids is 1. The molecule has 0 aliphatic heterocycles. The highest BCUT2D eigenvalue weighted by atomic mass is 16.5. The average Bonchev–Trinajstić information content (AvgIpc) is 2.88. The van der Waals surface area contributed by atoms with Crippen LogP contribution in [0.25, 0.3) is 11.1 Å². The molecule has 3 amide bonds. The van der Waals surface area contributed by atoms with E-state index in [2.05, 4.69) is 10.6 Å². The van der Waals surface area contributed by atoms with Gasteiger partial charge in [0, 0.05) is 19.8 Å². The average molecular weight is 504 g/mol. The summed E-state index contributed by atoms with van der Waals surface area (Å²) in [5.74, 6) is -2.38. The molecule has 3 aromatic carbocycles. The van der Waals surface area contributed by atoms with Crippen molar-refractivity contribution in [3.63, 3.8) is 0 Å². The second kappa shape index (κ2) is 12.9. The molecule has 0 radical (unpaired) electrons. The molecular formula is C28H29N3O6. The van der Waals surface area contributed by atoms with Crippen LogP contribution in [-0.4, -0.2) is 47.5 Å². The number of carbonyl (C=O) groups is 4. The topological polar surface area (TPSA) is 148 Å². The van der Waals surface area contributed by atoms with Crippen molar-refractivity contribution in [1.82, 2.24) is 10.6 Å². The van der Waals surface area contributed by atoms with E-state index in [1.54, 1.807) is 24.3 Å². The van der Waals surface area contributed by atoms with Crippen LogP contribution in [0.1, 0.15) is 18.1 Å². The molecule has 9 heteroatoms. The van der Waals surface area contributed by atoms with E-state index in [4.69, 9.17) is 15.6 Å². The zero-order valence-corrected chi connectivity index (χ0v) is 20.3. The first-order valence-corrected chi connectivity index (χ1v) is 11.7. The van der Waals surface area contributed by atoms with Crippen LogP contribution in [0.5, 0.6) is 5.75 Å². The second-order valence-electron chi connectivity index (χ2n) is 8.51. The Bertz CT molecular complexity index is 1230. The van der Waals surface area contributed by atoms with E-state index in [1.165, 1.54) is 6.92 Å². The summed E-state index contributed by atoms with van der Waals surface area (Å²) in [7, 11) is 0. The molecule has 192 valence electrons. The maximum atomic E-state index is 13.1. The van der Waals surface area contributed by atoms with E-state index in [1.807, 2.05) is 54.6 Å². The van der Waals surface area contributed by atoms with Gasteiger partial charge in [-0.05, 0) is 34.4 Å². The molecule has 3 aromatic rings. The molecule has 3 rings (SSSR count). The van der Waals surface area contributed by atoms with Crippen LogP contribution in [-0.2, 0) is 32.0 Å². The van der Waals surface area contributed by atoms with Crippen LogP contribution >= 0.6 is 0 Å². The molecule has 0 aliphatic rings. The minimum atomic E-state index is -1.10. The van der Waals surface area contributed by atoms with Gasteiger partial charge in [0.05, 0.1) is 0 Å². The maximum Gasteiger partial charge on any atom is 0.341 e. The number of hydrogen-bond acceptors (Lipinski definition) is 5. The summed E-state index contributed by atoms with van der Waals surface area (Å²) in [5, 5.41) is 14.0. The van der Waals surface area contributed by atoms with Gasteiger partial charge in [0.25, 0.3) is 0 Å². The summed E-state index contributed by atoms with van der Waals surface area (Å²) < 4.78 is 5.10. The second-order valence-corrected chi connectivity index (χ2v) is 8.51. The van der Waals surface area contributed by atoms with E-state index in [9.17, 15) is 19.2 Å². The lowest BCUT2D eigenvalue weighted by atomic mass is 9.99. The lowest BCUT2D eigenvalue weighted by Crippen LogP contribution is -2.54. The van der Waals surface area contributed by atoms with Crippen molar-refractivity contribution in [2.45, 2.75) is 31.8 Å². The van der Waals surface area contributed by atoms with Gasteiger partial charge in [0.2, 0.25) is 17.7 Å². The monoisotopic (exact) mass is 503 g/mol. The van der Waals surface area contributed by atoms with E-state index in [0.29, 0.717) is 11.3 Å². The lowest BCUT2D eigenvalue weighted by Gasteiger charge is -2.22. The molecule has 0 heterocycles. The Hall–Kier alpha value is -4.66. The zero-order chi connectivity index (χ0) is 26.8. The van der Waals surface area contributed by atoms with Crippen molar-refractivity contribution < 1.29 is 29.0 Å². The Balaban J connectivity index is 1.67. The van der Waals surface area contributed by atoms with Crippen molar-refractivity contribution in [3.8, 4) is 16.9 Å². The number of hydrogen-bond donors (Lipinski definition) is 4. The first-order chi connectivity index (χ1) is 17.7. The van der Waals surface area contributed by atoms with E-state index in [-0.39, 0.29) is 18.7 Å². The van der Waals surface area contributed by atoms with Gasteiger partial charge in [0.15, 0.2) is 6.61 Å². The van der Waals surface area contributed by atoms with E-state index < -0.39 is 36.5 Å². The van der Waals surface area contributed by atoms with Crippen LogP contribution in [0.15, 0.2) is 78.9 Å². The summed E-state index contributed by atoms with van der Waals surface area (Å²) in [6.45, 7) is 0.844. The highest BCUT2D eigenvalue weighted by Gasteiger charge is 2.25. The van der Waals surface area contributed by atoms with Crippen molar-refractivity contribution >= 4 is 23.7 Å². The minimum absolute atomic E-state index is 0.110. The molecule has 0 bridgehead atoms. The van der Waals surface area contributed by atoms with Crippen molar-refractivity contribution in [1.29, 1.82) is 0 Å². The summed E-state index contributed by atoms with van der Waals surface area (Å²) in [5.41, 5.74) is 9.14. The predicted octanol–water partition coefficient (Wildman–Crippen LogP) is 2.08. The van der Waals surface area contributed by atoms with Gasteiger partial charge < -0.3 is 26.2 Å². The minimum Gasteiger partial charge on any atom is -0.482 e. The van der Waals surface area contributed by atoms with Gasteiger partial charge in [-0.2, -0.15) is 0 Å². The van der Waals surface area contributed by atoms with Crippen LogP contribution in [0.2, 0.25) is 0 Å². The first-order valence-electron chi connectivity index (χ1n) is 11.7. The van der Waals surface area contributed by atoms with Crippen LogP contribution in [0.4, 0.5) is 0 Å². The van der Waals surface area contributed by atoms with Gasteiger partial charge in [-0.25, -0.2) is 4.79 Å². The molecule has 2 atom stereocenters. The van der Waals surface area contributed by atoms with Crippen molar-refractivity contribution in [2.24, 2.45) is 5.73 Å². The molecule has 0 unspecified atom stereocenters. The molecule has 0 aromatic heterocycles. The standard InChI is InChI=1S/C28H29N3O6/c1-18(32)30-25(16-19-7-11-22(12-8-19)21-5-3-2-4-6-21)28(36)31-24(27(29)35)15-20-9-13-23(14-10-20)37-17-26(33)34/h2-14,24-25H,15-17H2,1H3,(H2,29,35)(H,30,32)(H,31,36)(H,33,34)/t24-,25-/m0/s1. The normalized spacial score (nSPS) is 12.1. The Morgan fingerprint density at radius 3 is 1.86 bits per heavy atom. The first kappa shape index (κ1) is 26.9. The highest BCUT2D eigenvalue weighted by Crippen LogP contribution is 2.20. The number of nitrogens with one attached hydrogen (secondary N) is 2. The third-order valence-corrected chi connectivity index (χ3v) is 5.58. The molecule has 0 fully saturated rings. The Morgan fingerprint density at radius 1 is 0.784 bits per heavy atom. The Kier molecular flexibility index (Phi) is 9.37. The Labute approximate surface area is 214 Å². The van der Waals surface area contributed by atoms with Crippen LogP contribution in [0, 0.1) is 0 Å². The summed E-state index contributed by atoms with van der Waals surface area (Å²) in [6.07, 6.45) is 0.334. The number of rotatable bonds is 12. The van der Waals surface area contributed by atoms with E-state index >= 15 is 0 Å². The smallest absolute Gasteiger partial charge is 0.341 e. The predicted molar refractivity (Wildman–Crippen MR) is 138 cm³/mol. The van der Waals surface area contributed by atoms with Gasteiger partial charge in [-0.1, -0.05) is 66.7 Å². The van der Waals surface area contributed by atoms with E-state index in [0.717, 1.165) is 16.7 Å². The highest BCUT2D eigenvalue weighted by molar-refractivity contribution is 5.91. The SMILES string of the molecule is CC(=O)N[C@@H](Cc1ccc(-c2ccccc2)cc1)C(=O)N[C@@H](Cc1ccc(OCC(=O)O)cc1)C(N)=O. The quantitative estimate of drug-likeness (QED) is 0.297. The number of nitrogens with two attached hydrogens (primary N) is 1. The van der Waals surface area contributed by atoms with Gasteiger partial charge in [0.1, 0.15) is 17.8 Å². The third-order valence-electron chi connectivity index (χ3n) is 5.58. The van der Waals surface area contributed by atoms with Crippen LogP contribution in [0.3, 0.4) is 0 Å². The molecule has 0 saturated carbocycles. The molecular weight excluding hydrogens is 474 g/mol. The number of benzene rings is 3. The maximum absolute atomic E-state index is 13.1. The fourth-order valence-corrected chi connectivity index (χ4v) is 3.75. The van der Waals surface area contributed by atoms with Crippen molar-refractivity contribution in [3.05, 3.63) is 90.0 Å². The van der Waals surface area contributed by atoms with Crippen LogP contribution < -0.4 is 21.1 Å². The van der Waals surface area contributed by atoms with Gasteiger partial charge >= 0.3 is 5.97 Å². The zero-order valence-electron chi connectivity index (χ0n) is 20.3. The largest absolute Gasteiger partial charge is 0.482 e. The number of amides is 3. The molecule has 5 N–H and O–H groups in total. The molecule has 0 aliphatic carbocycles. The summed E-state index contributed by atoms with van der Waals surface area (Å²) >= 11 is 0. The fraction of sp³-hybridized carbons (Fsp3) is 0.214. The number of primary amides is 1. The van der Waals surface area contributed by atoms with Gasteiger partial charge in [-0.15, -0.1) is 0 Å². The Morgan fingerprint density at radius 2 is 1.32 bits per heavy atom. The summed E-state index contributed by atoms with van der Waals surface area (Å²) in [4.78, 5) is 47.6. The number of aliphatic carboxylic acids is 1. The van der Waals surface area contributed by atoms with Gasteiger partial charge in [-0.3, -0.25) is 14.4 Å². The number of carboxylic acid groups (broad SMARTS) is 1. The molecule has 0 spiro atoms. The number of carbonyl (C=O) groups excluding carboxylic acids is 3. The molecule has 9 nitrogen and oxygen atoms in total. The van der Waals surface area contributed by atoms with Crippen molar-refractivity contribution in [2.75, 3.05) is 6.61 Å².